The van der Waals surface area contributed by atoms with Crippen LogP contribution in [0.5, 0.6) is 0 Å². The van der Waals surface area contributed by atoms with E-state index in [0.29, 0.717) is 18.0 Å². The average molecular weight is 214 g/mol. The van der Waals surface area contributed by atoms with Gasteiger partial charge in [0, 0.05) is 24.5 Å². The van der Waals surface area contributed by atoms with Crippen LogP contribution in [-0.2, 0) is 4.74 Å². The molecule has 0 bridgehead atoms. The van der Waals surface area contributed by atoms with Gasteiger partial charge >= 0.3 is 0 Å². The number of hydrogen-bond acceptors (Lipinski definition) is 3. The Balaban J connectivity index is 2.32. The quantitative estimate of drug-likeness (QED) is 0.722. The van der Waals surface area contributed by atoms with Gasteiger partial charge in [0.25, 0.3) is 0 Å². The molecule has 1 rings (SSSR count). The first-order chi connectivity index (χ1) is 7.15. The van der Waals surface area contributed by atoms with E-state index in [1.807, 2.05) is 0 Å². The first kappa shape index (κ1) is 12.9. The Morgan fingerprint density at radius 1 is 1.40 bits per heavy atom. The van der Waals surface area contributed by atoms with E-state index in [1.165, 1.54) is 6.42 Å². The molecule has 0 amide bonds. The van der Waals surface area contributed by atoms with Crippen molar-refractivity contribution in [3.8, 4) is 0 Å². The van der Waals surface area contributed by atoms with E-state index in [0.717, 1.165) is 26.3 Å². The molecule has 1 saturated heterocycles. The molecule has 1 aliphatic rings. The second-order valence-electron chi connectivity index (χ2n) is 4.89. The topological polar surface area (TPSA) is 24.5 Å². The van der Waals surface area contributed by atoms with E-state index < -0.39 is 0 Å². The summed E-state index contributed by atoms with van der Waals surface area (Å²) in [5.74, 6) is 0.656. The SMILES string of the molecule is CCCNC1COCC1CN(C)C(C)C. The summed E-state index contributed by atoms with van der Waals surface area (Å²) >= 11 is 0. The van der Waals surface area contributed by atoms with Crippen LogP contribution in [0.3, 0.4) is 0 Å². The molecule has 3 nitrogen and oxygen atoms in total. The van der Waals surface area contributed by atoms with Crippen LogP contribution in [0.1, 0.15) is 27.2 Å². The lowest BCUT2D eigenvalue weighted by Gasteiger charge is -2.27. The summed E-state index contributed by atoms with van der Waals surface area (Å²) in [7, 11) is 2.19. The predicted molar refractivity (Wildman–Crippen MR) is 64.2 cm³/mol. The zero-order valence-corrected chi connectivity index (χ0v) is 10.6. The van der Waals surface area contributed by atoms with E-state index in [-0.39, 0.29) is 0 Å². The largest absolute Gasteiger partial charge is 0.379 e. The summed E-state index contributed by atoms with van der Waals surface area (Å²) < 4.78 is 5.56. The maximum absolute atomic E-state index is 5.56. The molecule has 2 unspecified atom stereocenters. The van der Waals surface area contributed by atoms with Crippen LogP contribution in [-0.4, -0.2) is 50.3 Å². The van der Waals surface area contributed by atoms with Gasteiger partial charge in [0.2, 0.25) is 0 Å². The predicted octanol–water partition coefficient (Wildman–Crippen LogP) is 1.34. The molecule has 0 aromatic rings. The molecule has 0 aliphatic carbocycles. The van der Waals surface area contributed by atoms with Crippen LogP contribution in [0.2, 0.25) is 0 Å². The van der Waals surface area contributed by atoms with Crippen molar-refractivity contribution in [1.29, 1.82) is 0 Å². The molecular weight excluding hydrogens is 188 g/mol. The Hall–Kier alpha value is -0.120. The minimum atomic E-state index is 0.561. The molecule has 1 fully saturated rings. The second kappa shape index (κ2) is 6.46. The number of nitrogens with one attached hydrogen (secondary N) is 1. The van der Waals surface area contributed by atoms with Gasteiger partial charge in [-0.2, -0.15) is 0 Å². The third-order valence-electron chi connectivity index (χ3n) is 3.26. The molecule has 0 radical (unpaired) electrons. The highest BCUT2D eigenvalue weighted by Crippen LogP contribution is 2.15. The monoisotopic (exact) mass is 214 g/mol. The number of nitrogens with zero attached hydrogens (tertiary/aromatic N) is 1. The molecule has 3 heteroatoms. The van der Waals surface area contributed by atoms with Gasteiger partial charge in [-0.3, -0.25) is 0 Å². The van der Waals surface area contributed by atoms with Crippen molar-refractivity contribution in [2.45, 2.75) is 39.3 Å². The molecule has 90 valence electrons. The summed E-state index contributed by atoms with van der Waals surface area (Å²) in [4.78, 5) is 2.40. The standard InChI is InChI=1S/C12H26N2O/c1-5-6-13-12-9-15-8-11(12)7-14(4)10(2)3/h10-13H,5-9H2,1-4H3. The van der Waals surface area contributed by atoms with Gasteiger partial charge in [0.15, 0.2) is 0 Å². The van der Waals surface area contributed by atoms with Crippen molar-refractivity contribution in [3.63, 3.8) is 0 Å². The lowest BCUT2D eigenvalue weighted by Crippen LogP contribution is -2.42. The van der Waals surface area contributed by atoms with Crippen molar-refractivity contribution in [2.75, 3.05) is 33.4 Å². The Kier molecular flexibility index (Phi) is 5.58. The van der Waals surface area contributed by atoms with E-state index in [1.54, 1.807) is 0 Å². The summed E-state index contributed by atoms with van der Waals surface area (Å²) in [6.07, 6.45) is 1.20. The van der Waals surface area contributed by atoms with Gasteiger partial charge in [0.05, 0.1) is 13.2 Å². The second-order valence-corrected chi connectivity index (χ2v) is 4.89. The molecule has 0 aromatic heterocycles. The van der Waals surface area contributed by atoms with E-state index in [2.05, 4.69) is 38.0 Å². The molecule has 1 heterocycles. The molecule has 0 spiro atoms. The minimum absolute atomic E-state index is 0.561. The Labute approximate surface area is 94.2 Å². The minimum Gasteiger partial charge on any atom is -0.379 e. The van der Waals surface area contributed by atoms with Crippen molar-refractivity contribution in [1.82, 2.24) is 10.2 Å². The molecule has 0 saturated carbocycles. The molecule has 1 aliphatic heterocycles. The molecule has 0 aromatic carbocycles. The van der Waals surface area contributed by atoms with Crippen LogP contribution < -0.4 is 5.32 Å². The van der Waals surface area contributed by atoms with Gasteiger partial charge in [0.1, 0.15) is 0 Å². The van der Waals surface area contributed by atoms with E-state index >= 15 is 0 Å². The normalized spacial score (nSPS) is 26.8. The van der Waals surface area contributed by atoms with Crippen molar-refractivity contribution in [3.05, 3.63) is 0 Å². The molecule has 15 heavy (non-hydrogen) atoms. The number of hydrogen-bond donors (Lipinski definition) is 1. The summed E-state index contributed by atoms with van der Waals surface area (Å²) in [6, 6.07) is 1.18. The van der Waals surface area contributed by atoms with Gasteiger partial charge in [-0.1, -0.05) is 6.92 Å². The van der Waals surface area contributed by atoms with Crippen molar-refractivity contribution >= 4 is 0 Å². The van der Waals surface area contributed by atoms with Crippen LogP contribution in [0, 0.1) is 5.92 Å². The summed E-state index contributed by atoms with van der Waals surface area (Å²) in [5.41, 5.74) is 0. The maximum atomic E-state index is 5.56. The van der Waals surface area contributed by atoms with Gasteiger partial charge in [-0.25, -0.2) is 0 Å². The highest BCUT2D eigenvalue weighted by atomic mass is 16.5. The Bertz CT molecular complexity index is 173. The van der Waals surface area contributed by atoms with Gasteiger partial charge in [-0.05, 0) is 33.9 Å². The number of ether oxygens (including phenoxy) is 1. The first-order valence-corrected chi connectivity index (χ1v) is 6.16. The maximum Gasteiger partial charge on any atom is 0.0623 e. The molecule has 1 N–H and O–H groups in total. The van der Waals surface area contributed by atoms with Crippen LogP contribution in [0.15, 0.2) is 0 Å². The highest BCUT2D eigenvalue weighted by Gasteiger charge is 2.28. The van der Waals surface area contributed by atoms with Crippen molar-refractivity contribution in [2.24, 2.45) is 5.92 Å². The smallest absolute Gasteiger partial charge is 0.0623 e. The summed E-state index contributed by atoms with van der Waals surface area (Å²) in [5, 5.41) is 3.57. The number of rotatable bonds is 6. The van der Waals surface area contributed by atoms with Crippen molar-refractivity contribution < 1.29 is 4.74 Å². The van der Waals surface area contributed by atoms with Gasteiger partial charge < -0.3 is 15.0 Å². The fourth-order valence-corrected chi connectivity index (χ4v) is 1.91. The van der Waals surface area contributed by atoms with Gasteiger partial charge in [-0.15, -0.1) is 0 Å². The summed E-state index contributed by atoms with van der Waals surface area (Å²) in [6.45, 7) is 10.7. The average Bonchev–Trinajstić information content (AvgIpc) is 2.62. The van der Waals surface area contributed by atoms with E-state index in [4.69, 9.17) is 4.74 Å². The first-order valence-electron chi connectivity index (χ1n) is 6.16. The highest BCUT2D eigenvalue weighted by molar-refractivity contribution is 4.83. The lowest BCUT2D eigenvalue weighted by atomic mass is 10.0. The molecule has 2 atom stereocenters. The Morgan fingerprint density at radius 3 is 2.73 bits per heavy atom. The van der Waals surface area contributed by atoms with Crippen LogP contribution in [0.25, 0.3) is 0 Å². The van der Waals surface area contributed by atoms with Crippen LogP contribution in [0.4, 0.5) is 0 Å². The lowest BCUT2D eigenvalue weighted by molar-refractivity contribution is 0.166. The fourth-order valence-electron chi connectivity index (χ4n) is 1.91. The zero-order valence-electron chi connectivity index (χ0n) is 10.6. The zero-order chi connectivity index (χ0) is 11.3. The van der Waals surface area contributed by atoms with E-state index in [9.17, 15) is 0 Å². The molecular formula is C12H26N2O. The fraction of sp³-hybridized carbons (Fsp3) is 1.00. The third-order valence-corrected chi connectivity index (χ3v) is 3.26. The van der Waals surface area contributed by atoms with Crippen LogP contribution >= 0.6 is 0 Å². The Morgan fingerprint density at radius 2 is 2.13 bits per heavy atom. The third kappa shape index (κ3) is 4.09.